The minimum Gasteiger partial charge on any atom is -0.368 e. The average molecular weight is 156 g/mol. The number of nitrogens with zero attached hydrogens (tertiary/aromatic N) is 1. The summed E-state index contributed by atoms with van der Waals surface area (Å²) < 4.78 is 5.05. The second-order valence-electron chi connectivity index (χ2n) is 2.26. The predicted molar refractivity (Wildman–Crippen MR) is 37.9 cm³/mol. The van der Waals surface area contributed by atoms with Crippen molar-refractivity contribution in [3.05, 3.63) is 29.0 Å². The van der Waals surface area contributed by atoms with Crippen LogP contribution in [0, 0.1) is 0 Å². The van der Waals surface area contributed by atoms with Crippen molar-refractivity contribution >= 4 is 11.6 Å². The molecule has 1 aliphatic rings. The van der Waals surface area contributed by atoms with E-state index in [-0.39, 0.29) is 6.10 Å². The lowest BCUT2D eigenvalue weighted by atomic mass is 10.2. The molecule has 1 unspecified atom stereocenters. The van der Waals surface area contributed by atoms with Gasteiger partial charge >= 0.3 is 0 Å². The van der Waals surface area contributed by atoms with E-state index in [0.29, 0.717) is 5.02 Å². The van der Waals surface area contributed by atoms with Crippen molar-refractivity contribution in [3.63, 3.8) is 0 Å². The summed E-state index contributed by atoms with van der Waals surface area (Å²) in [6, 6.07) is 1.88. The molecule has 1 aromatic heterocycles. The minimum absolute atomic E-state index is 0.256. The van der Waals surface area contributed by atoms with Crippen molar-refractivity contribution < 1.29 is 4.74 Å². The van der Waals surface area contributed by atoms with Crippen molar-refractivity contribution in [2.24, 2.45) is 0 Å². The van der Waals surface area contributed by atoms with Gasteiger partial charge in [-0.3, -0.25) is 4.98 Å². The summed E-state index contributed by atoms with van der Waals surface area (Å²) in [5, 5.41) is 0.674. The van der Waals surface area contributed by atoms with Crippen molar-refractivity contribution in [1.82, 2.24) is 4.98 Å². The third kappa shape index (κ3) is 1.13. The molecule has 1 saturated heterocycles. The van der Waals surface area contributed by atoms with E-state index < -0.39 is 0 Å². The van der Waals surface area contributed by atoms with Gasteiger partial charge < -0.3 is 4.74 Å². The number of ether oxygens (including phenoxy) is 1. The highest BCUT2D eigenvalue weighted by Gasteiger charge is 2.24. The van der Waals surface area contributed by atoms with Crippen LogP contribution in [-0.2, 0) is 4.74 Å². The maximum absolute atomic E-state index is 5.70. The lowest BCUT2D eigenvalue weighted by Gasteiger charge is -1.92. The average Bonchev–Trinajstić information content (AvgIpc) is 2.68. The first-order chi connectivity index (χ1) is 4.86. The van der Waals surface area contributed by atoms with Crippen molar-refractivity contribution in [3.8, 4) is 0 Å². The van der Waals surface area contributed by atoms with Gasteiger partial charge in [0.05, 0.1) is 11.6 Å². The van der Waals surface area contributed by atoms with Crippen LogP contribution in [0.15, 0.2) is 18.5 Å². The molecule has 0 N–H and O–H groups in total. The molecule has 0 amide bonds. The zero-order chi connectivity index (χ0) is 6.97. The standard InChI is InChI=1S/C7H6ClNO/c8-6-1-5(2-9-3-6)7-4-10-7/h1-3,7H,4H2. The summed E-state index contributed by atoms with van der Waals surface area (Å²) in [6.07, 6.45) is 3.66. The van der Waals surface area contributed by atoms with Crippen molar-refractivity contribution in [2.75, 3.05) is 6.61 Å². The lowest BCUT2D eigenvalue weighted by molar-refractivity contribution is 0.415. The first-order valence-electron chi connectivity index (χ1n) is 3.08. The Morgan fingerprint density at radius 3 is 3.00 bits per heavy atom. The molecule has 1 aliphatic heterocycles. The number of aromatic nitrogens is 1. The molecular formula is C7H6ClNO. The topological polar surface area (TPSA) is 25.4 Å². The highest BCUT2D eigenvalue weighted by Crippen LogP contribution is 2.29. The van der Waals surface area contributed by atoms with Crippen molar-refractivity contribution in [1.29, 1.82) is 0 Å². The van der Waals surface area contributed by atoms with Crippen molar-refractivity contribution in [2.45, 2.75) is 6.10 Å². The fourth-order valence-corrected chi connectivity index (χ4v) is 1.03. The molecule has 10 heavy (non-hydrogen) atoms. The Bertz CT molecular complexity index is 247. The predicted octanol–water partition coefficient (Wildman–Crippen LogP) is 1.81. The highest BCUT2D eigenvalue weighted by atomic mass is 35.5. The van der Waals surface area contributed by atoms with Crippen LogP contribution >= 0.6 is 11.6 Å². The van der Waals surface area contributed by atoms with Gasteiger partial charge in [-0.25, -0.2) is 0 Å². The van der Waals surface area contributed by atoms with E-state index in [9.17, 15) is 0 Å². The fourth-order valence-electron chi connectivity index (χ4n) is 0.845. The number of halogens is 1. The molecule has 52 valence electrons. The van der Waals surface area contributed by atoms with Crippen LogP contribution in [0.2, 0.25) is 5.02 Å². The van der Waals surface area contributed by atoms with Crippen LogP contribution in [-0.4, -0.2) is 11.6 Å². The van der Waals surface area contributed by atoms with E-state index in [4.69, 9.17) is 16.3 Å². The molecule has 1 atom stereocenters. The maximum atomic E-state index is 5.70. The van der Waals surface area contributed by atoms with E-state index in [1.807, 2.05) is 6.07 Å². The lowest BCUT2D eigenvalue weighted by Crippen LogP contribution is -1.81. The van der Waals surface area contributed by atoms with Gasteiger partial charge in [-0.2, -0.15) is 0 Å². The Kier molecular flexibility index (Phi) is 1.36. The largest absolute Gasteiger partial charge is 0.368 e. The molecule has 0 aromatic carbocycles. The molecule has 1 fully saturated rings. The van der Waals surface area contributed by atoms with Crippen LogP contribution in [0.1, 0.15) is 11.7 Å². The Hall–Kier alpha value is -0.600. The molecule has 0 saturated carbocycles. The molecule has 2 heterocycles. The van der Waals surface area contributed by atoms with Crippen LogP contribution in [0.5, 0.6) is 0 Å². The quantitative estimate of drug-likeness (QED) is 0.578. The molecule has 2 nitrogen and oxygen atoms in total. The van der Waals surface area contributed by atoms with Gasteiger partial charge in [0.15, 0.2) is 0 Å². The molecule has 2 rings (SSSR count). The smallest absolute Gasteiger partial charge is 0.107 e. The summed E-state index contributed by atoms with van der Waals surface area (Å²) >= 11 is 5.70. The monoisotopic (exact) mass is 155 g/mol. The second-order valence-corrected chi connectivity index (χ2v) is 2.69. The van der Waals surface area contributed by atoms with Gasteiger partial charge in [0, 0.05) is 18.0 Å². The van der Waals surface area contributed by atoms with E-state index in [2.05, 4.69) is 4.98 Å². The fraction of sp³-hybridized carbons (Fsp3) is 0.286. The summed E-state index contributed by atoms with van der Waals surface area (Å²) in [5.41, 5.74) is 1.08. The van der Waals surface area contributed by atoms with Gasteiger partial charge in [0.2, 0.25) is 0 Å². The summed E-state index contributed by atoms with van der Waals surface area (Å²) in [5.74, 6) is 0. The van der Waals surface area contributed by atoms with E-state index in [1.54, 1.807) is 12.4 Å². The van der Waals surface area contributed by atoms with Crippen LogP contribution in [0.3, 0.4) is 0 Å². The first-order valence-corrected chi connectivity index (χ1v) is 3.46. The molecule has 1 aromatic rings. The van der Waals surface area contributed by atoms with Gasteiger partial charge in [-0.05, 0) is 6.07 Å². The van der Waals surface area contributed by atoms with Gasteiger partial charge in [-0.1, -0.05) is 11.6 Å². The normalized spacial score (nSPS) is 22.7. The number of epoxide rings is 1. The number of rotatable bonds is 1. The zero-order valence-electron chi connectivity index (χ0n) is 5.25. The Morgan fingerprint density at radius 1 is 1.60 bits per heavy atom. The van der Waals surface area contributed by atoms with Crippen LogP contribution < -0.4 is 0 Å². The van der Waals surface area contributed by atoms with Gasteiger partial charge in [-0.15, -0.1) is 0 Å². The highest BCUT2D eigenvalue weighted by molar-refractivity contribution is 6.30. The Balaban J connectivity index is 2.32. The van der Waals surface area contributed by atoms with Gasteiger partial charge in [0.1, 0.15) is 6.10 Å². The minimum atomic E-state index is 0.256. The van der Waals surface area contributed by atoms with E-state index in [1.165, 1.54) is 0 Å². The SMILES string of the molecule is Clc1cncc(C2CO2)c1. The van der Waals surface area contributed by atoms with Crippen LogP contribution in [0.25, 0.3) is 0 Å². The summed E-state index contributed by atoms with van der Waals surface area (Å²) in [4.78, 5) is 3.93. The molecule has 0 aliphatic carbocycles. The molecule has 0 radical (unpaired) electrons. The summed E-state index contributed by atoms with van der Waals surface area (Å²) in [6.45, 7) is 0.808. The third-order valence-electron chi connectivity index (χ3n) is 1.43. The molecular weight excluding hydrogens is 150 g/mol. The Labute approximate surface area is 63.8 Å². The molecule has 0 spiro atoms. The van der Waals surface area contributed by atoms with E-state index in [0.717, 1.165) is 12.2 Å². The van der Waals surface area contributed by atoms with Crippen LogP contribution in [0.4, 0.5) is 0 Å². The molecule has 3 heteroatoms. The summed E-state index contributed by atoms with van der Waals surface area (Å²) in [7, 11) is 0. The number of hydrogen-bond acceptors (Lipinski definition) is 2. The molecule has 0 bridgehead atoms. The first kappa shape index (κ1) is 6.13. The van der Waals surface area contributed by atoms with E-state index >= 15 is 0 Å². The third-order valence-corrected chi connectivity index (χ3v) is 1.64. The Morgan fingerprint density at radius 2 is 2.40 bits per heavy atom. The second kappa shape index (κ2) is 2.22. The van der Waals surface area contributed by atoms with Gasteiger partial charge in [0.25, 0.3) is 0 Å². The number of hydrogen-bond donors (Lipinski definition) is 0. The zero-order valence-corrected chi connectivity index (χ0v) is 6.01. The maximum Gasteiger partial charge on any atom is 0.107 e. The number of pyridine rings is 1.